The molecule has 2 heterocycles. The van der Waals surface area contributed by atoms with E-state index in [1.165, 1.54) is 41.7 Å². The number of amides is 1. The molecule has 1 aliphatic carbocycles. The summed E-state index contributed by atoms with van der Waals surface area (Å²) in [5.41, 5.74) is 4.95. The van der Waals surface area contributed by atoms with E-state index in [0.717, 1.165) is 17.7 Å². The molecule has 128 valence electrons. The first-order valence-electron chi connectivity index (χ1n) is 8.49. The van der Waals surface area contributed by atoms with Crippen molar-refractivity contribution in [2.24, 2.45) is 0 Å². The minimum absolute atomic E-state index is 0.0677. The Kier molecular flexibility index (Phi) is 4.56. The maximum Gasteiger partial charge on any atom is 0.228 e. The second-order valence-corrected chi connectivity index (χ2v) is 7.05. The maximum atomic E-state index is 12.0. The van der Waals surface area contributed by atoms with Crippen LogP contribution in [0.4, 0.5) is 5.13 Å². The Bertz CT molecular complexity index is 871. The van der Waals surface area contributed by atoms with E-state index < -0.39 is 0 Å². The SMILES string of the molecule is O=C(CCn1ccnn1)Nc1nc(-c2ccc3c(c2)CCCC3)cs1. The van der Waals surface area contributed by atoms with Gasteiger partial charge in [-0.1, -0.05) is 17.3 Å². The highest BCUT2D eigenvalue weighted by molar-refractivity contribution is 7.14. The molecule has 6 nitrogen and oxygen atoms in total. The van der Waals surface area contributed by atoms with Crippen LogP contribution in [0.3, 0.4) is 0 Å². The van der Waals surface area contributed by atoms with Crippen molar-refractivity contribution in [1.29, 1.82) is 0 Å². The van der Waals surface area contributed by atoms with Crippen LogP contribution >= 0.6 is 11.3 Å². The van der Waals surface area contributed by atoms with Gasteiger partial charge in [-0.2, -0.15) is 0 Å². The van der Waals surface area contributed by atoms with Gasteiger partial charge in [0.25, 0.3) is 0 Å². The Morgan fingerprint density at radius 1 is 1.24 bits per heavy atom. The van der Waals surface area contributed by atoms with Crippen LogP contribution in [-0.4, -0.2) is 25.9 Å². The number of aryl methyl sites for hydroxylation is 3. The fourth-order valence-corrected chi connectivity index (χ4v) is 3.84. The quantitative estimate of drug-likeness (QED) is 0.764. The molecule has 1 amide bonds. The van der Waals surface area contributed by atoms with Crippen LogP contribution in [0, 0.1) is 0 Å². The van der Waals surface area contributed by atoms with Crippen molar-refractivity contribution in [1.82, 2.24) is 20.0 Å². The molecule has 0 fully saturated rings. The highest BCUT2D eigenvalue weighted by Crippen LogP contribution is 2.29. The zero-order valence-corrected chi connectivity index (χ0v) is 14.6. The van der Waals surface area contributed by atoms with Gasteiger partial charge in [-0.25, -0.2) is 4.98 Å². The monoisotopic (exact) mass is 353 g/mol. The molecule has 7 heteroatoms. The molecular weight excluding hydrogens is 334 g/mol. The first-order chi connectivity index (χ1) is 12.3. The Morgan fingerprint density at radius 3 is 2.96 bits per heavy atom. The summed E-state index contributed by atoms with van der Waals surface area (Å²) >= 11 is 1.46. The maximum absolute atomic E-state index is 12.0. The summed E-state index contributed by atoms with van der Waals surface area (Å²) in [5, 5.41) is 13.1. The molecule has 0 saturated heterocycles. The molecular formula is C18H19N5OS. The van der Waals surface area contributed by atoms with Crippen LogP contribution in [-0.2, 0) is 24.2 Å². The molecule has 1 aliphatic rings. The summed E-state index contributed by atoms with van der Waals surface area (Å²) in [4.78, 5) is 16.6. The Morgan fingerprint density at radius 2 is 2.12 bits per heavy atom. The molecule has 0 saturated carbocycles. The lowest BCUT2D eigenvalue weighted by Gasteiger charge is -2.16. The lowest BCUT2D eigenvalue weighted by Crippen LogP contribution is -2.14. The van der Waals surface area contributed by atoms with Crippen LogP contribution in [0.25, 0.3) is 11.3 Å². The van der Waals surface area contributed by atoms with E-state index in [1.54, 1.807) is 17.1 Å². The number of aromatic nitrogens is 4. The Labute approximate surface area is 149 Å². The summed E-state index contributed by atoms with van der Waals surface area (Å²) < 4.78 is 1.64. The number of hydrogen-bond donors (Lipinski definition) is 1. The van der Waals surface area contributed by atoms with Crippen molar-refractivity contribution in [2.45, 2.75) is 38.6 Å². The molecule has 2 aromatic heterocycles. The van der Waals surface area contributed by atoms with Gasteiger partial charge in [0.15, 0.2) is 5.13 Å². The molecule has 0 atom stereocenters. The topological polar surface area (TPSA) is 72.7 Å². The van der Waals surface area contributed by atoms with Gasteiger partial charge >= 0.3 is 0 Å². The van der Waals surface area contributed by atoms with Crippen LogP contribution in [0.5, 0.6) is 0 Å². The Balaban J connectivity index is 1.40. The highest BCUT2D eigenvalue weighted by atomic mass is 32.1. The second kappa shape index (κ2) is 7.14. The number of benzene rings is 1. The predicted molar refractivity (Wildman–Crippen MR) is 97.5 cm³/mol. The fourth-order valence-electron chi connectivity index (χ4n) is 3.11. The standard InChI is InChI=1S/C18H19N5OS/c24-17(7-9-23-10-8-19-22-23)21-18-20-16(12-25-18)15-6-5-13-3-1-2-4-14(13)11-15/h5-6,8,10-12H,1-4,7,9H2,(H,20,21,24). The lowest BCUT2D eigenvalue weighted by molar-refractivity contribution is -0.116. The van der Waals surface area contributed by atoms with Crippen LogP contribution in [0.1, 0.15) is 30.4 Å². The van der Waals surface area contributed by atoms with Crippen molar-refractivity contribution in [3.05, 3.63) is 47.1 Å². The van der Waals surface area contributed by atoms with Crippen molar-refractivity contribution < 1.29 is 4.79 Å². The van der Waals surface area contributed by atoms with Gasteiger partial charge in [0, 0.05) is 23.6 Å². The summed E-state index contributed by atoms with van der Waals surface area (Å²) in [7, 11) is 0. The molecule has 0 bridgehead atoms. The number of thiazole rings is 1. The average molecular weight is 353 g/mol. The summed E-state index contributed by atoms with van der Waals surface area (Å²) in [5.74, 6) is -0.0677. The smallest absolute Gasteiger partial charge is 0.228 e. The highest BCUT2D eigenvalue weighted by Gasteiger charge is 2.12. The largest absolute Gasteiger partial charge is 0.302 e. The third kappa shape index (κ3) is 3.76. The third-order valence-corrected chi connectivity index (χ3v) is 5.19. The van der Waals surface area contributed by atoms with Crippen molar-refractivity contribution in [3.63, 3.8) is 0 Å². The number of nitrogens with one attached hydrogen (secondary N) is 1. The number of nitrogens with zero attached hydrogens (tertiary/aromatic N) is 4. The average Bonchev–Trinajstić information content (AvgIpc) is 3.31. The number of fused-ring (bicyclic) bond motifs is 1. The van der Waals surface area contributed by atoms with Gasteiger partial charge in [0.1, 0.15) is 0 Å². The van der Waals surface area contributed by atoms with E-state index >= 15 is 0 Å². The summed E-state index contributed by atoms with van der Waals surface area (Å²) in [6.45, 7) is 0.509. The van der Waals surface area contributed by atoms with Crippen LogP contribution < -0.4 is 5.32 Å². The number of hydrogen-bond acceptors (Lipinski definition) is 5. The molecule has 0 aliphatic heterocycles. The van der Waals surface area contributed by atoms with Crippen molar-refractivity contribution in [3.8, 4) is 11.3 Å². The fraction of sp³-hybridized carbons (Fsp3) is 0.333. The lowest BCUT2D eigenvalue weighted by atomic mass is 9.90. The molecule has 0 spiro atoms. The van der Waals surface area contributed by atoms with Gasteiger partial charge in [0.05, 0.1) is 18.4 Å². The minimum Gasteiger partial charge on any atom is -0.302 e. The van der Waals surface area contributed by atoms with Gasteiger partial charge in [-0.15, -0.1) is 16.4 Å². The summed E-state index contributed by atoms with van der Waals surface area (Å²) in [6, 6.07) is 6.61. The molecule has 0 unspecified atom stereocenters. The van der Waals surface area contributed by atoms with Crippen LogP contribution in [0.2, 0.25) is 0 Å². The number of anilines is 1. The number of carbonyl (C=O) groups excluding carboxylic acids is 1. The Hall–Kier alpha value is -2.54. The van der Waals surface area contributed by atoms with Gasteiger partial charge < -0.3 is 5.32 Å². The number of rotatable bonds is 5. The molecule has 0 radical (unpaired) electrons. The van der Waals surface area contributed by atoms with E-state index in [-0.39, 0.29) is 5.91 Å². The van der Waals surface area contributed by atoms with E-state index in [0.29, 0.717) is 18.1 Å². The zero-order valence-electron chi connectivity index (χ0n) is 13.8. The van der Waals surface area contributed by atoms with Crippen LogP contribution in [0.15, 0.2) is 36.0 Å². The zero-order chi connectivity index (χ0) is 17.1. The van der Waals surface area contributed by atoms with E-state index in [9.17, 15) is 4.79 Å². The number of carbonyl (C=O) groups is 1. The molecule has 4 rings (SSSR count). The molecule has 25 heavy (non-hydrogen) atoms. The predicted octanol–water partition coefficient (Wildman–Crippen LogP) is 3.31. The first kappa shape index (κ1) is 16.0. The van der Waals surface area contributed by atoms with E-state index in [4.69, 9.17) is 0 Å². The molecule has 3 aromatic rings. The van der Waals surface area contributed by atoms with Gasteiger partial charge in [-0.05, 0) is 42.9 Å². The van der Waals surface area contributed by atoms with E-state index in [2.05, 4.69) is 38.8 Å². The normalized spacial score (nSPS) is 13.4. The van der Waals surface area contributed by atoms with Crippen molar-refractivity contribution >= 4 is 22.4 Å². The van der Waals surface area contributed by atoms with Crippen molar-refractivity contribution in [2.75, 3.05) is 5.32 Å². The molecule has 1 N–H and O–H groups in total. The second-order valence-electron chi connectivity index (χ2n) is 6.19. The summed E-state index contributed by atoms with van der Waals surface area (Å²) in [6.07, 6.45) is 8.57. The first-order valence-corrected chi connectivity index (χ1v) is 9.37. The van der Waals surface area contributed by atoms with E-state index in [1.807, 2.05) is 5.38 Å². The third-order valence-electron chi connectivity index (χ3n) is 4.43. The van der Waals surface area contributed by atoms with Gasteiger partial charge in [0.2, 0.25) is 5.91 Å². The molecule has 1 aromatic carbocycles. The minimum atomic E-state index is -0.0677. The van der Waals surface area contributed by atoms with Gasteiger partial charge in [-0.3, -0.25) is 9.48 Å².